The summed E-state index contributed by atoms with van der Waals surface area (Å²) in [6, 6.07) is 11.6. The van der Waals surface area contributed by atoms with Crippen LogP contribution < -0.4 is 5.32 Å². The van der Waals surface area contributed by atoms with E-state index in [1.807, 2.05) is 12.1 Å². The Morgan fingerprint density at radius 3 is 2.11 bits per heavy atom. The molecule has 0 aliphatic rings. The van der Waals surface area contributed by atoms with Gasteiger partial charge in [-0.1, -0.05) is 24.3 Å². The lowest BCUT2D eigenvalue weighted by atomic mass is 10.1. The molecule has 2 aromatic carbocycles. The molecule has 0 aliphatic carbocycles. The summed E-state index contributed by atoms with van der Waals surface area (Å²) in [7, 11) is 0. The highest BCUT2D eigenvalue weighted by molar-refractivity contribution is 5.39. The highest BCUT2D eigenvalue weighted by Gasteiger charge is 2.03. The van der Waals surface area contributed by atoms with Crippen LogP contribution in [0.3, 0.4) is 0 Å². The van der Waals surface area contributed by atoms with Crippen molar-refractivity contribution in [1.82, 2.24) is 5.32 Å². The minimum atomic E-state index is 0.0388. The molecule has 18 heavy (non-hydrogen) atoms. The first-order valence-corrected chi connectivity index (χ1v) is 5.65. The molecule has 0 spiro atoms. The van der Waals surface area contributed by atoms with E-state index in [9.17, 15) is 10.2 Å². The molecule has 0 amide bonds. The van der Waals surface area contributed by atoms with Crippen LogP contribution in [-0.2, 0) is 13.1 Å². The van der Waals surface area contributed by atoms with Crippen molar-refractivity contribution in [3.05, 3.63) is 53.6 Å². The lowest BCUT2D eigenvalue weighted by Gasteiger charge is -2.08. The summed E-state index contributed by atoms with van der Waals surface area (Å²) < 4.78 is 0. The van der Waals surface area contributed by atoms with Crippen LogP contribution in [0.4, 0.5) is 0 Å². The van der Waals surface area contributed by atoms with E-state index in [1.165, 1.54) is 12.1 Å². The molecule has 2 rings (SSSR count). The number of aromatic hydroxyl groups is 3. The number of benzene rings is 2. The Hall–Kier alpha value is -2.20. The molecule has 0 aromatic heterocycles. The normalized spacial score (nSPS) is 10.4. The van der Waals surface area contributed by atoms with Gasteiger partial charge in [0.2, 0.25) is 0 Å². The molecular formula is C14H15NO3. The van der Waals surface area contributed by atoms with Crippen LogP contribution in [0.15, 0.2) is 42.5 Å². The van der Waals surface area contributed by atoms with Crippen molar-refractivity contribution >= 4 is 0 Å². The predicted molar refractivity (Wildman–Crippen MR) is 68.4 cm³/mol. The van der Waals surface area contributed by atoms with E-state index in [0.717, 1.165) is 5.56 Å². The summed E-state index contributed by atoms with van der Waals surface area (Å²) in [5.74, 6) is 0.344. The third-order valence-electron chi connectivity index (χ3n) is 2.69. The second kappa shape index (κ2) is 5.42. The molecule has 0 atom stereocenters. The monoisotopic (exact) mass is 245 g/mol. The van der Waals surface area contributed by atoms with E-state index >= 15 is 0 Å². The number of nitrogens with one attached hydrogen (secondary N) is 1. The van der Waals surface area contributed by atoms with Crippen molar-refractivity contribution in [3.8, 4) is 17.2 Å². The van der Waals surface area contributed by atoms with Crippen molar-refractivity contribution in [3.63, 3.8) is 0 Å². The zero-order valence-electron chi connectivity index (χ0n) is 9.80. The van der Waals surface area contributed by atoms with Crippen molar-refractivity contribution < 1.29 is 15.3 Å². The van der Waals surface area contributed by atoms with Gasteiger partial charge in [-0.15, -0.1) is 0 Å². The average Bonchev–Trinajstić information content (AvgIpc) is 2.34. The zero-order valence-corrected chi connectivity index (χ0v) is 9.80. The van der Waals surface area contributed by atoms with E-state index in [1.54, 1.807) is 18.2 Å². The van der Waals surface area contributed by atoms with Crippen molar-refractivity contribution in [1.29, 1.82) is 0 Å². The Morgan fingerprint density at radius 2 is 1.44 bits per heavy atom. The number of rotatable bonds is 4. The van der Waals surface area contributed by atoms with Crippen LogP contribution in [0.1, 0.15) is 11.1 Å². The number of phenolic OH excluding ortho intramolecular Hbond substituents is 3. The maximum atomic E-state index is 9.59. The van der Waals surface area contributed by atoms with Crippen LogP contribution >= 0.6 is 0 Å². The summed E-state index contributed by atoms with van der Waals surface area (Å²) in [5.41, 5.74) is 1.50. The molecule has 4 nitrogen and oxygen atoms in total. The van der Waals surface area contributed by atoms with Gasteiger partial charge in [0, 0.05) is 30.3 Å². The number of phenols is 3. The molecule has 0 saturated carbocycles. The summed E-state index contributed by atoms with van der Waals surface area (Å²) >= 11 is 0. The number of hydrogen-bond acceptors (Lipinski definition) is 4. The Bertz CT molecular complexity index is 540. The minimum absolute atomic E-state index is 0.0388. The standard InChI is InChI=1S/C14H15NO3/c16-12-6-5-11(14(18)7-12)9-15-8-10-3-1-2-4-13(10)17/h1-7,15-18H,8-9H2. The summed E-state index contributed by atoms with van der Waals surface area (Å²) in [4.78, 5) is 0. The molecule has 0 saturated heterocycles. The maximum Gasteiger partial charge on any atom is 0.123 e. The van der Waals surface area contributed by atoms with Crippen molar-refractivity contribution in [2.75, 3.05) is 0 Å². The van der Waals surface area contributed by atoms with Gasteiger partial charge >= 0.3 is 0 Å². The van der Waals surface area contributed by atoms with Gasteiger partial charge in [0.1, 0.15) is 17.2 Å². The molecule has 4 heteroatoms. The summed E-state index contributed by atoms with van der Waals surface area (Å²) in [5, 5.41) is 31.5. The van der Waals surface area contributed by atoms with Crippen LogP contribution in [0.25, 0.3) is 0 Å². The van der Waals surface area contributed by atoms with Gasteiger partial charge in [-0.05, 0) is 12.1 Å². The van der Waals surface area contributed by atoms with Crippen molar-refractivity contribution in [2.24, 2.45) is 0 Å². The van der Waals surface area contributed by atoms with Crippen LogP contribution in [0.2, 0.25) is 0 Å². The second-order valence-electron chi connectivity index (χ2n) is 4.05. The molecule has 4 N–H and O–H groups in total. The molecule has 94 valence electrons. The molecule has 0 radical (unpaired) electrons. The van der Waals surface area contributed by atoms with E-state index in [0.29, 0.717) is 18.7 Å². The lowest BCUT2D eigenvalue weighted by molar-refractivity contribution is 0.443. The SMILES string of the molecule is Oc1ccc(CNCc2ccccc2O)c(O)c1. The first kappa shape index (κ1) is 12.3. The lowest BCUT2D eigenvalue weighted by Crippen LogP contribution is -2.12. The third-order valence-corrected chi connectivity index (χ3v) is 2.69. The van der Waals surface area contributed by atoms with Gasteiger partial charge in [-0.3, -0.25) is 0 Å². The van der Waals surface area contributed by atoms with Gasteiger partial charge in [0.05, 0.1) is 0 Å². The molecule has 0 fully saturated rings. The van der Waals surface area contributed by atoms with Crippen LogP contribution in [0, 0.1) is 0 Å². The van der Waals surface area contributed by atoms with Gasteiger partial charge < -0.3 is 20.6 Å². The Kier molecular flexibility index (Phi) is 3.69. The van der Waals surface area contributed by atoms with Gasteiger partial charge in [-0.2, -0.15) is 0 Å². The first-order chi connectivity index (χ1) is 8.66. The van der Waals surface area contributed by atoms with E-state index in [2.05, 4.69) is 5.32 Å². The van der Waals surface area contributed by atoms with Gasteiger partial charge in [0.15, 0.2) is 0 Å². The van der Waals surface area contributed by atoms with Gasteiger partial charge in [-0.25, -0.2) is 0 Å². The van der Waals surface area contributed by atoms with Crippen LogP contribution in [0.5, 0.6) is 17.2 Å². The molecule has 0 bridgehead atoms. The number of hydrogen-bond donors (Lipinski definition) is 4. The second-order valence-corrected chi connectivity index (χ2v) is 4.05. The molecule has 0 heterocycles. The molecular weight excluding hydrogens is 230 g/mol. The van der Waals surface area contributed by atoms with Crippen molar-refractivity contribution in [2.45, 2.75) is 13.1 Å². The fourth-order valence-electron chi connectivity index (χ4n) is 1.69. The average molecular weight is 245 g/mol. The first-order valence-electron chi connectivity index (χ1n) is 5.65. The zero-order chi connectivity index (χ0) is 13.0. The van der Waals surface area contributed by atoms with E-state index in [-0.39, 0.29) is 17.2 Å². The fraction of sp³-hybridized carbons (Fsp3) is 0.143. The number of para-hydroxylation sites is 1. The highest BCUT2D eigenvalue weighted by Crippen LogP contribution is 2.22. The predicted octanol–water partition coefficient (Wildman–Crippen LogP) is 2.09. The highest BCUT2D eigenvalue weighted by atomic mass is 16.3. The van der Waals surface area contributed by atoms with Gasteiger partial charge in [0.25, 0.3) is 0 Å². The minimum Gasteiger partial charge on any atom is -0.508 e. The molecule has 2 aromatic rings. The Morgan fingerprint density at radius 1 is 0.778 bits per heavy atom. The Labute approximate surface area is 105 Å². The maximum absolute atomic E-state index is 9.59. The molecule has 0 unspecified atom stereocenters. The summed E-state index contributed by atoms with van der Waals surface area (Å²) in [6.07, 6.45) is 0. The molecule has 0 aliphatic heterocycles. The van der Waals surface area contributed by atoms with Crippen LogP contribution in [-0.4, -0.2) is 15.3 Å². The quantitative estimate of drug-likeness (QED) is 0.665. The topological polar surface area (TPSA) is 72.7 Å². The largest absolute Gasteiger partial charge is 0.508 e. The fourth-order valence-corrected chi connectivity index (χ4v) is 1.69. The smallest absolute Gasteiger partial charge is 0.123 e. The Balaban J connectivity index is 1.95. The third kappa shape index (κ3) is 2.93. The van der Waals surface area contributed by atoms with E-state index < -0.39 is 0 Å². The van der Waals surface area contributed by atoms with E-state index in [4.69, 9.17) is 5.11 Å². The summed E-state index contributed by atoms with van der Waals surface area (Å²) in [6.45, 7) is 0.966.